The maximum atomic E-state index is 10.6. The zero-order chi connectivity index (χ0) is 15.6. The van der Waals surface area contributed by atoms with Crippen molar-refractivity contribution in [2.45, 2.75) is 6.10 Å². The summed E-state index contributed by atoms with van der Waals surface area (Å²) in [6, 6.07) is 8.85. The summed E-state index contributed by atoms with van der Waals surface area (Å²) < 4.78 is 12.1. The fraction of sp³-hybridized carbons (Fsp3) is 0.200. The molecule has 1 N–H and O–H groups in total. The molecule has 2 aromatic rings. The fourth-order valence-electron chi connectivity index (χ4n) is 2.00. The molecule has 3 nitrogen and oxygen atoms in total. The van der Waals surface area contributed by atoms with Crippen LogP contribution in [0.1, 0.15) is 17.2 Å². The van der Waals surface area contributed by atoms with Crippen molar-refractivity contribution >= 4 is 43.5 Å². The van der Waals surface area contributed by atoms with E-state index < -0.39 is 6.10 Å². The second-order valence-electron chi connectivity index (χ2n) is 4.28. The topological polar surface area (TPSA) is 38.7 Å². The van der Waals surface area contributed by atoms with Crippen molar-refractivity contribution in [3.05, 3.63) is 55.4 Å². The molecule has 2 aromatic carbocycles. The lowest BCUT2D eigenvalue weighted by Crippen LogP contribution is -2.04. The van der Waals surface area contributed by atoms with Crippen LogP contribution in [-0.4, -0.2) is 19.3 Å². The highest BCUT2D eigenvalue weighted by molar-refractivity contribution is 9.11. The number of methoxy groups -OCH3 is 2. The largest absolute Gasteiger partial charge is 0.495 e. The number of benzene rings is 2. The average Bonchev–Trinajstić information content (AvgIpc) is 2.49. The SMILES string of the molecule is COc1ccc(C(O)c2ccc(Br)c(Cl)c2)c(OC)c1Br. The van der Waals surface area contributed by atoms with Crippen molar-refractivity contribution in [1.29, 1.82) is 0 Å². The Labute approximate surface area is 145 Å². The second-order valence-corrected chi connectivity index (χ2v) is 6.33. The van der Waals surface area contributed by atoms with Crippen LogP contribution < -0.4 is 9.47 Å². The van der Waals surface area contributed by atoms with Gasteiger partial charge < -0.3 is 14.6 Å². The van der Waals surface area contributed by atoms with E-state index >= 15 is 0 Å². The van der Waals surface area contributed by atoms with E-state index in [9.17, 15) is 5.11 Å². The number of rotatable bonds is 4. The summed E-state index contributed by atoms with van der Waals surface area (Å²) in [6.07, 6.45) is -0.854. The summed E-state index contributed by atoms with van der Waals surface area (Å²) in [7, 11) is 3.12. The Kier molecular flexibility index (Phi) is 5.54. The van der Waals surface area contributed by atoms with E-state index in [1.807, 2.05) is 0 Å². The molecule has 0 aliphatic carbocycles. The van der Waals surface area contributed by atoms with Crippen LogP contribution in [0.4, 0.5) is 0 Å². The van der Waals surface area contributed by atoms with Gasteiger partial charge in [0.25, 0.3) is 0 Å². The Bertz CT molecular complexity index is 662. The molecule has 6 heteroatoms. The van der Waals surface area contributed by atoms with Crippen molar-refractivity contribution in [2.75, 3.05) is 14.2 Å². The molecule has 0 saturated carbocycles. The maximum absolute atomic E-state index is 10.6. The van der Waals surface area contributed by atoms with E-state index in [0.29, 0.717) is 32.1 Å². The molecule has 1 atom stereocenters. The van der Waals surface area contributed by atoms with Gasteiger partial charge in [-0.25, -0.2) is 0 Å². The van der Waals surface area contributed by atoms with Gasteiger partial charge in [0.15, 0.2) is 0 Å². The highest BCUT2D eigenvalue weighted by Crippen LogP contribution is 2.41. The lowest BCUT2D eigenvalue weighted by molar-refractivity contribution is 0.214. The van der Waals surface area contributed by atoms with Crippen LogP contribution >= 0.6 is 43.5 Å². The third kappa shape index (κ3) is 3.37. The molecule has 0 aliphatic rings. The van der Waals surface area contributed by atoms with E-state index in [1.54, 1.807) is 44.6 Å². The van der Waals surface area contributed by atoms with E-state index in [2.05, 4.69) is 31.9 Å². The number of ether oxygens (including phenoxy) is 2. The number of hydrogen-bond acceptors (Lipinski definition) is 3. The molecular weight excluding hydrogens is 423 g/mol. The first-order chi connectivity index (χ1) is 9.99. The third-order valence-corrected chi connectivity index (χ3v) is 5.05. The number of hydrogen-bond donors (Lipinski definition) is 1. The quantitative estimate of drug-likeness (QED) is 0.736. The number of aliphatic hydroxyl groups excluding tert-OH is 1. The molecule has 0 saturated heterocycles. The van der Waals surface area contributed by atoms with E-state index in [4.69, 9.17) is 21.1 Å². The van der Waals surface area contributed by atoms with Crippen LogP contribution in [-0.2, 0) is 0 Å². The van der Waals surface area contributed by atoms with Crippen LogP contribution in [0.15, 0.2) is 39.3 Å². The summed E-state index contributed by atoms with van der Waals surface area (Å²) in [5.74, 6) is 1.16. The zero-order valence-corrected chi connectivity index (χ0v) is 15.3. The second kappa shape index (κ2) is 7.01. The van der Waals surface area contributed by atoms with E-state index in [-0.39, 0.29) is 0 Å². The van der Waals surface area contributed by atoms with Crippen molar-refractivity contribution in [3.8, 4) is 11.5 Å². The zero-order valence-electron chi connectivity index (χ0n) is 11.4. The van der Waals surface area contributed by atoms with Gasteiger partial charge in [0.2, 0.25) is 0 Å². The Morgan fingerprint density at radius 2 is 1.81 bits per heavy atom. The monoisotopic (exact) mass is 434 g/mol. The molecule has 0 heterocycles. The molecule has 0 spiro atoms. The molecule has 112 valence electrons. The van der Waals surface area contributed by atoms with E-state index in [1.165, 1.54) is 0 Å². The van der Waals surface area contributed by atoms with Crippen LogP contribution in [0, 0.1) is 0 Å². The standard InChI is InChI=1S/C15H13Br2ClO3/c1-20-12-6-4-9(15(21-2)13(12)17)14(19)8-3-5-10(16)11(18)7-8/h3-7,14,19H,1-2H3. The van der Waals surface area contributed by atoms with Crippen molar-refractivity contribution in [2.24, 2.45) is 0 Å². The van der Waals surface area contributed by atoms with Gasteiger partial charge in [0.1, 0.15) is 22.1 Å². The van der Waals surface area contributed by atoms with Gasteiger partial charge in [-0.1, -0.05) is 17.7 Å². The van der Waals surface area contributed by atoms with Gasteiger partial charge in [0, 0.05) is 10.0 Å². The van der Waals surface area contributed by atoms with Gasteiger partial charge in [0.05, 0.1) is 19.2 Å². The van der Waals surface area contributed by atoms with Gasteiger partial charge in [-0.3, -0.25) is 0 Å². The molecule has 21 heavy (non-hydrogen) atoms. The highest BCUT2D eigenvalue weighted by Gasteiger charge is 2.20. The van der Waals surface area contributed by atoms with Gasteiger partial charge in [-0.15, -0.1) is 0 Å². The lowest BCUT2D eigenvalue weighted by atomic mass is 10.0. The summed E-state index contributed by atoms with van der Waals surface area (Å²) >= 11 is 12.8. The molecule has 0 fully saturated rings. The van der Waals surface area contributed by atoms with Gasteiger partial charge in [-0.05, 0) is 61.7 Å². The Balaban J connectivity index is 2.50. The molecule has 1 unspecified atom stereocenters. The minimum atomic E-state index is -0.854. The van der Waals surface area contributed by atoms with Crippen LogP contribution in [0.2, 0.25) is 5.02 Å². The van der Waals surface area contributed by atoms with Crippen molar-refractivity contribution in [3.63, 3.8) is 0 Å². The predicted molar refractivity (Wildman–Crippen MR) is 90.5 cm³/mol. The van der Waals surface area contributed by atoms with E-state index in [0.717, 1.165) is 4.47 Å². The molecular formula is C15H13Br2ClO3. The summed E-state index contributed by atoms with van der Waals surface area (Å²) in [4.78, 5) is 0. The normalized spacial score (nSPS) is 12.1. The molecule has 0 aliphatic heterocycles. The van der Waals surface area contributed by atoms with Gasteiger partial charge in [-0.2, -0.15) is 0 Å². The Morgan fingerprint density at radius 1 is 1.10 bits per heavy atom. The number of aliphatic hydroxyl groups is 1. The summed E-state index contributed by atoms with van der Waals surface area (Å²) in [6.45, 7) is 0. The minimum absolute atomic E-state index is 0.529. The highest BCUT2D eigenvalue weighted by atomic mass is 79.9. The maximum Gasteiger partial charge on any atom is 0.142 e. The number of halogens is 3. The molecule has 0 radical (unpaired) electrons. The first-order valence-corrected chi connectivity index (χ1v) is 7.99. The minimum Gasteiger partial charge on any atom is -0.495 e. The molecule has 0 bridgehead atoms. The van der Waals surface area contributed by atoms with Crippen LogP contribution in [0.5, 0.6) is 11.5 Å². The average molecular weight is 437 g/mol. The smallest absolute Gasteiger partial charge is 0.142 e. The fourth-order valence-corrected chi connectivity index (χ4v) is 3.12. The van der Waals surface area contributed by atoms with Crippen molar-refractivity contribution < 1.29 is 14.6 Å². The van der Waals surface area contributed by atoms with Crippen LogP contribution in [0.25, 0.3) is 0 Å². The van der Waals surface area contributed by atoms with Crippen LogP contribution in [0.3, 0.4) is 0 Å². The summed E-state index contributed by atoms with van der Waals surface area (Å²) in [5.41, 5.74) is 1.31. The predicted octanol–water partition coefficient (Wildman–Crippen LogP) is 4.96. The van der Waals surface area contributed by atoms with Gasteiger partial charge >= 0.3 is 0 Å². The Hall–Kier alpha value is -0.750. The molecule has 0 aromatic heterocycles. The first kappa shape index (κ1) is 16.6. The first-order valence-electron chi connectivity index (χ1n) is 6.03. The van der Waals surface area contributed by atoms with Crippen molar-refractivity contribution in [1.82, 2.24) is 0 Å². The lowest BCUT2D eigenvalue weighted by Gasteiger charge is -2.18. The Morgan fingerprint density at radius 3 is 2.38 bits per heavy atom. The third-order valence-electron chi connectivity index (χ3n) is 3.07. The molecule has 2 rings (SSSR count). The molecule has 0 amide bonds. The summed E-state index contributed by atoms with van der Waals surface area (Å²) in [5, 5.41) is 11.1.